The number of unbranched alkanes of at least 4 members (excludes halogenated alkanes) is 1. The van der Waals surface area contributed by atoms with E-state index in [1.165, 1.54) is 16.8 Å². The maximum absolute atomic E-state index is 12.9. The van der Waals surface area contributed by atoms with E-state index < -0.39 is 5.97 Å². The summed E-state index contributed by atoms with van der Waals surface area (Å²) < 4.78 is 17.7. The van der Waals surface area contributed by atoms with E-state index in [1.54, 1.807) is 14.2 Å². The third kappa shape index (κ3) is 7.20. The number of carbonyl (C=O) groups is 1. The van der Waals surface area contributed by atoms with E-state index in [2.05, 4.69) is 5.10 Å². The van der Waals surface area contributed by atoms with Gasteiger partial charge in [-0.25, -0.2) is 9.48 Å². The lowest BCUT2D eigenvalue weighted by Gasteiger charge is -2.13. The number of carboxylic acid groups (broad SMARTS) is 1. The van der Waals surface area contributed by atoms with E-state index in [0.29, 0.717) is 17.7 Å². The summed E-state index contributed by atoms with van der Waals surface area (Å²) in [5, 5.41) is 14.1. The Bertz CT molecular complexity index is 1210. The zero-order valence-corrected chi connectivity index (χ0v) is 20.2. The zero-order valence-electron chi connectivity index (χ0n) is 20.2. The van der Waals surface area contributed by atoms with Crippen LogP contribution in [0.2, 0.25) is 0 Å². The van der Waals surface area contributed by atoms with Gasteiger partial charge in [0, 0.05) is 17.2 Å². The van der Waals surface area contributed by atoms with Crippen LogP contribution in [-0.4, -0.2) is 35.1 Å². The molecule has 0 aliphatic rings. The smallest absolute Gasteiger partial charge is 0.331 e. The SMILES string of the molecule is CCCCC(=Cc1cc(=O)n(Cc2ccc(OC)cc2)nc1OCc1ccc(OC)cc1)C(=O)O. The number of rotatable bonds is 12. The van der Waals surface area contributed by atoms with Crippen molar-refractivity contribution in [1.82, 2.24) is 9.78 Å². The average Bonchev–Trinajstić information content (AvgIpc) is 2.87. The number of aliphatic carboxylic acids is 1. The minimum absolute atomic E-state index is 0.184. The minimum atomic E-state index is -1.03. The molecule has 0 fully saturated rings. The molecule has 1 heterocycles. The standard InChI is InChI=1S/C27H30N2O6/c1-4-5-6-21(27(31)32)15-22-16-25(30)29(17-19-7-11-23(33-2)12-8-19)28-26(22)35-18-20-9-13-24(34-3)14-10-20/h7-16H,4-6,17-18H2,1-3H3,(H,31,32). The maximum atomic E-state index is 12.9. The summed E-state index contributed by atoms with van der Waals surface area (Å²) in [6.07, 6.45) is 3.45. The number of nitrogens with zero attached hydrogens (tertiary/aromatic N) is 2. The van der Waals surface area contributed by atoms with Crippen molar-refractivity contribution < 1.29 is 24.1 Å². The maximum Gasteiger partial charge on any atom is 0.331 e. The molecule has 0 atom stereocenters. The number of ether oxygens (including phenoxy) is 3. The Hall–Kier alpha value is -4.07. The fourth-order valence-corrected chi connectivity index (χ4v) is 3.39. The van der Waals surface area contributed by atoms with Crippen molar-refractivity contribution >= 4 is 12.0 Å². The van der Waals surface area contributed by atoms with Crippen molar-refractivity contribution in [3.8, 4) is 17.4 Å². The normalized spacial score (nSPS) is 11.2. The average molecular weight is 479 g/mol. The van der Waals surface area contributed by atoms with Gasteiger partial charge in [-0.15, -0.1) is 5.10 Å². The molecule has 184 valence electrons. The fourth-order valence-electron chi connectivity index (χ4n) is 3.39. The van der Waals surface area contributed by atoms with E-state index in [-0.39, 0.29) is 30.2 Å². The van der Waals surface area contributed by atoms with Crippen LogP contribution in [0.5, 0.6) is 17.4 Å². The van der Waals surface area contributed by atoms with Gasteiger partial charge in [0.1, 0.15) is 18.1 Å². The molecule has 0 aliphatic heterocycles. The molecule has 8 nitrogen and oxygen atoms in total. The largest absolute Gasteiger partial charge is 0.497 e. The highest BCUT2D eigenvalue weighted by Gasteiger charge is 2.14. The Morgan fingerprint density at radius 3 is 2.14 bits per heavy atom. The highest BCUT2D eigenvalue weighted by molar-refractivity contribution is 5.92. The van der Waals surface area contributed by atoms with E-state index in [1.807, 2.05) is 55.5 Å². The quantitative estimate of drug-likeness (QED) is 0.381. The summed E-state index contributed by atoms with van der Waals surface area (Å²) in [7, 11) is 3.18. The second kappa shape index (κ2) is 12.4. The van der Waals surface area contributed by atoms with Crippen molar-refractivity contribution in [3.63, 3.8) is 0 Å². The Morgan fingerprint density at radius 2 is 1.60 bits per heavy atom. The summed E-state index contributed by atoms with van der Waals surface area (Å²) in [6.45, 7) is 2.41. The van der Waals surface area contributed by atoms with Crippen LogP contribution in [0.25, 0.3) is 6.08 Å². The second-order valence-corrected chi connectivity index (χ2v) is 7.96. The van der Waals surface area contributed by atoms with E-state index in [0.717, 1.165) is 29.7 Å². The van der Waals surface area contributed by atoms with E-state index in [4.69, 9.17) is 14.2 Å². The van der Waals surface area contributed by atoms with Crippen molar-refractivity contribution in [2.75, 3.05) is 14.2 Å². The first kappa shape index (κ1) is 25.6. The fraction of sp³-hybridized carbons (Fsp3) is 0.296. The van der Waals surface area contributed by atoms with Crippen LogP contribution in [-0.2, 0) is 17.9 Å². The summed E-state index contributed by atoms with van der Waals surface area (Å²) in [6, 6.07) is 16.1. The van der Waals surface area contributed by atoms with Crippen LogP contribution >= 0.6 is 0 Å². The van der Waals surface area contributed by atoms with Gasteiger partial charge in [0.25, 0.3) is 5.56 Å². The van der Waals surface area contributed by atoms with Crippen LogP contribution in [0.4, 0.5) is 0 Å². The van der Waals surface area contributed by atoms with Gasteiger partial charge in [-0.05, 0) is 54.3 Å². The summed E-state index contributed by atoms with van der Waals surface area (Å²) >= 11 is 0. The molecule has 8 heteroatoms. The van der Waals surface area contributed by atoms with Crippen LogP contribution in [0.1, 0.15) is 42.9 Å². The molecule has 0 unspecified atom stereocenters. The van der Waals surface area contributed by atoms with Gasteiger partial charge in [-0.2, -0.15) is 0 Å². The van der Waals surface area contributed by atoms with Gasteiger partial charge < -0.3 is 19.3 Å². The molecule has 0 amide bonds. The molecule has 1 aromatic heterocycles. The molecular formula is C27H30N2O6. The molecule has 0 saturated carbocycles. The molecule has 2 aromatic carbocycles. The molecule has 1 N–H and O–H groups in total. The van der Waals surface area contributed by atoms with Crippen LogP contribution < -0.4 is 19.8 Å². The third-order valence-corrected chi connectivity index (χ3v) is 5.42. The Balaban J connectivity index is 1.95. The first-order valence-corrected chi connectivity index (χ1v) is 11.4. The zero-order chi connectivity index (χ0) is 25.2. The lowest BCUT2D eigenvalue weighted by atomic mass is 10.1. The van der Waals surface area contributed by atoms with E-state index >= 15 is 0 Å². The number of aromatic nitrogens is 2. The molecular weight excluding hydrogens is 448 g/mol. The Morgan fingerprint density at radius 1 is 1.00 bits per heavy atom. The van der Waals surface area contributed by atoms with Gasteiger partial charge >= 0.3 is 5.97 Å². The minimum Gasteiger partial charge on any atom is -0.497 e. The molecule has 0 saturated heterocycles. The highest BCUT2D eigenvalue weighted by atomic mass is 16.5. The predicted molar refractivity (Wildman–Crippen MR) is 133 cm³/mol. The van der Waals surface area contributed by atoms with Crippen LogP contribution in [0.15, 0.2) is 65.0 Å². The number of hydrogen-bond donors (Lipinski definition) is 1. The van der Waals surface area contributed by atoms with E-state index in [9.17, 15) is 14.7 Å². The number of methoxy groups -OCH3 is 2. The van der Waals surface area contributed by atoms with Crippen molar-refractivity contribution in [3.05, 3.63) is 87.2 Å². The van der Waals surface area contributed by atoms with Gasteiger partial charge in [0.05, 0.1) is 20.8 Å². The number of hydrogen-bond acceptors (Lipinski definition) is 6. The molecule has 0 radical (unpaired) electrons. The molecule has 3 aromatic rings. The summed E-state index contributed by atoms with van der Waals surface area (Å²) in [4.78, 5) is 24.6. The number of benzene rings is 2. The monoisotopic (exact) mass is 478 g/mol. The van der Waals surface area contributed by atoms with Gasteiger partial charge in [0.15, 0.2) is 0 Å². The van der Waals surface area contributed by atoms with Crippen LogP contribution in [0.3, 0.4) is 0 Å². The Kier molecular flexibility index (Phi) is 9.06. The van der Waals surface area contributed by atoms with Gasteiger partial charge in [-0.3, -0.25) is 4.79 Å². The second-order valence-electron chi connectivity index (χ2n) is 7.96. The lowest BCUT2D eigenvalue weighted by Crippen LogP contribution is -2.24. The van der Waals surface area contributed by atoms with Crippen molar-refractivity contribution in [2.45, 2.75) is 39.3 Å². The van der Waals surface area contributed by atoms with Gasteiger partial charge in [0.2, 0.25) is 5.88 Å². The van der Waals surface area contributed by atoms with Crippen LogP contribution in [0, 0.1) is 0 Å². The predicted octanol–water partition coefficient (Wildman–Crippen LogP) is 4.55. The first-order chi connectivity index (χ1) is 16.9. The highest BCUT2D eigenvalue weighted by Crippen LogP contribution is 2.22. The Labute approximate surface area is 204 Å². The molecule has 0 aliphatic carbocycles. The summed E-state index contributed by atoms with van der Waals surface area (Å²) in [5.41, 5.74) is 1.92. The van der Waals surface area contributed by atoms with Crippen molar-refractivity contribution in [1.29, 1.82) is 0 Å². The number of carboxylic acids is 1. The molecule has 3 rings (SSSR count). The lowest BCUT2D eigenvalue weighted by molar-refractivity contribution is -0.132. The summed E-state index contributed by atoms with van der Waals surface area (Å²) in [5.74, 6) is 0.600. The molecule has 0 spiro atoms. The first-order valence-electron chi connectivity index (χ1n) is 11.4. The van der Waals surface area contributed by atoms with Crippen molar-refractivity contribution in [2.24, 2.45) is 0 Å². The molecule has 0 bridgehead atoms. The third-order valence-electron chi connectivity index (χ3n) is 5.42. The topological polar surface area (TPSA) is 99.9 Å². The van der Waals surface area contributed by atoms with Gasteiger partial charge in [-0.1, -0.05) is 37.6 Å². The molecule has 35 heavy (non-hydrogen) atoms.